The van der Waals surface area contributed by atoms with E-state index in [9.17, 15) is 4.79 Å². The second kappa shape index (κ2) is 6.50. The van der Waals surface area contributed by atoms with Crippen molar-refractivity contribution in [2.75, 3.05) is 6.61 Å². The molecule has 1 unspecified atom stereocenters. The van der Waals surface area contributed by atoms with E-state index in [1.54, 1.807) is 18.3 Å². The summed E-state index contributed by atoms with van der Waals surface area (Å²) >= 11 is 1.70. The normalized spacial score (nSPS) is 12.1. The van der Waals surface area contributed by atoms with E-state index in [0.717, 1.165) is 11.1 Å². The van der Waals surface area contributed by atoms with Crippen LogP contribution in [-0.4, -0.2) is 18.6 Å². The number of ether oxygens (including phenoxy) is 1. The van der Waals surface area contributed by atoms with Gasteiger partial charge in [0.2, 0.25) is 0 Å². The van der Waals surface area contributed by atoms with Crippen LogP contribution in [0.2, 0.25) is 0 Å². The molecule has 2 N–H and O–H groups in total. The van der Waals surface area contributed by atoms with E-state index in [1.165, 1.54) is 4.88 Å². The zero-order valence-corrected chi connectivity index (χ0v) is 11.7. The molecule has 0 saturated heterocycles. The molecule has 0 fully saturated rings. The van der Waals surface area contributed by atoms with Crippen LogP contribution < -0.4 is 5.73 Å². The third-order valence-electron chi connectivity index (χ3n) is 2.78. The third kappa shape index (κ3) is 3.66. The summed E-state index contributed by atoms with van der Waals surface area (Å²) in [6.07, 6.45) is 0.498. The molecule has 1 aromatic heterocycles. The minimum Gasteiger partial charge on any atom is -0.465 e. The summed E-state index contributed by atoms with van der Waals surface area (Å²) in [4.78, 5) is 12.7. The first-order valence-electron chi connectivity index (χ1n) is 6.25. The fourth-order valence-corrected chi connectivity index (χ4v) is 2.60. The summed E-state index contributed by atoms with van der Waals surface area (Å²) in [7, 11) is 0. The van der Waals surface area contributed by atoms with Crippen molar-refractivity contribution in [1.82, 2.24) is 0 Å². The van der Waals surface area contributed by atoms with Gasteiger partial charge in [0.1, 0.15) is 6.04 Å². The lowest BCUT2D eigenvalue weighted by Crippen LogP contribution is -2.34. The van der Waals surface area contributed by atoms with Crippen molar-refractivity contribution < 1.29 is 9.53 Å². The van der Waals surface area contributed by atoms with E-state index in [-0.39, 0.29) is 5.97 Å². The number of nitrogens with two attached hydrogens (primary N) is 1. The van der Waals surface area contributed by atoms with Crippen LogP contribution in [0.25, 0.3) is 10.4 Å². The minimum absolute atomic E-state index is 0.343. The van der Waals surface area contributed by atoms with E-state index in [2.05, 4.69) is 18.2 Å². The number of thiophene rings is 1. The maximum atomic E-state index is 11.5. The Kier molecular flexibility index (Phi) is 4.71. The van der Waals surface area contributed by atoms with Crippen LogP contribution in [0.3, 0.4) is 0 Å². The predicted octanol–water partition coefficient (Wildman–Crippen LogP) is 2.85. The van der Waals surface area contributed by atoms with Crippen molar-refractivity contribution in [2.45, 2.75) is 19.4 Å². The Morgan fingerprint density at radius 3 is 2.89 bits per heavy atom. The third-order valence-corrected chi connectivity index (χ3v) is 3.70. The van der Waals surface area contributed by atoms with E-state index >= 15 is 0 Å². The fraction of sp³-hybridized carbons (Fsp3) is 0.267. The average Bonchev–Trinajstić information content (AvgIpc) is 2.93. The molecular weight excluding hydrogens is 258 g/mol. The molecule has 1 heterocycles. The van der Waals surface area contributed by atoms with E-state index in [1.807, 2.05) is 23.6 Å². The molecule has 0 bridgehead atoms. The lowest BCUT2D eigenvalue weighted by atomic mass is 10.0. The van der Waals surface area contributed by atoms with E-state index in [0.29, 0.717) is 13.0 Å². The number of rotatable bonds is 5. The monoisotopic (exact) mass is 275 g/mol. The van der Waals surface area contributed by atoms with Gasteiger partial charge in [0.15, 0.2) is 0 Å². The van der Waals surface area contributed by atoms with Gasteiger partial charge in [-0.05, 0) is 35.9 Å². The molecule has 100 valence electrons. The molecule has 2 aromatic rings. The van der Waals surface area contributed by atoms with Gasteiger partial charge < -0.3 is 10.5 Å². The summed E-state index contributed by atoms with van der Waals surface area (Å²) in [5.74, 6) is -0.343. The highest BCUT2D eigenvalue weighted by atomic mass is 32.1. The number of esters is 1. The van der Waals surface area contributed by atoms with Crippen molar-refractivity contribution >= 4 is 17.3 Å². The standard InChI is InChI=1S/C15H17NO2S/c1-2-18-15(17)13(16)10-11-5-3-6-12(9-11)14-7-4-8-19-14/h3-9,13H,2,10,16H2,1H3. The largest absolute Gasteiger partial charge is 0.465 e. The maximum Gasteiger partial charge on any atom is 0.323 e. The highest BCUT2D eigenvalue weighted by Gasteiger charge is 2.15. The Labute approximate surface area is 117 Å². The first-order chi connectivity index (χ1) is 9.20. The quantitative estimate of drug-likeness (QED) is 0.854. The molecule has 0 radical (unpaired) electrons. The lowest BCUT2D eigenvalue weighted by Gasteiger charge is -2.11. The maximum absolute atomic E-state index is 11.5. The summed E-state index contributed by atoms with van der Waals surface area (Å²) in [6.45, 7) is 2.14. The molecule has 3 nitrogen and oxygen atoms in total. The Morgan fingerprint density at radius 2 is 2.21 bits per heavy atom. The zero-order valence-electron chi connectivity index (χ0n) is 10.8. The van der Waals surface area contributed by atoms with Gasteiger partial charge in [-0.15, -0.1) is 11.3 Å². The Balaban J connectivity index is 2.09. The van der Waals surface area contributed by atoms with Crippen molar-refractivity contribution in [1.29, 1.82) is 0 Å². The van der Waals surface area contributed by atoms with Gasteiger partial charge in [-0.1, -0.05) is 30.3 Å². The smallest absolute Gasteiger partial charge is 0.323 e. The fourth-order valence-electron chi connectivity index (χ4n) is 1.88. The van der Waals surface area contributed by atoms with Crippen LogP contribution in [0, 0.1) is 0 Å². The van der Waals surface area contributed by atoms with Crippen molar-refractivity contribution in [2.24, 2.45) is 5.73 Å². The second-order valence-electron chi connectivity index (χ2n) is 4.24. The number of hydrogen-bond donors (Lipinski definition) is 1. The Hall–Kier alpha value is -1.65. The molecule has 4 heteroatoms. The van der Waals surface area contributed by atoms with Crippen LogP contribution in [0.1, 0.15) is 12.5 Å². The summed E-state index contributed by atoms with van der Waals surface area (Å²) in [6, 6.07) is 11.6. The second-order valence-corrected chi connectivity index (χ2v) is 5.19. The molecule has 1 atom stereocenters. The van der Waals surface area contributed by atoms with Crippen molar-refractivity contribution in [3.63, 3.8) is 0 Å². The molecule has 0 saturated carbocycles. The van der Waals surface area contributed by atoms with Crippen molar-refractivity contribution in [3.05, 3.63) is 47.3 Å². The van der Waals surface area contributed by atoms with E-state index < -0.39 is 6.04 Å². The van der Waals surface area contributed by atoms with Gasteiger partial charge in [-0.25, -0.2) is 0 Å². The molecule has 0 amide bonds. The van der Waals surface area contributed by atoms with Gasteiger partial charge in [0.25, 0.3) is 0 Å². The SMILES string of the molecule is CCOC(=O)C(N)Cc1cccc(-c2cccs2)c1. The molecule has 0 aliphatic heterocycles. The highest BCUT2D eigenvalue weighted by Crippen LogP contribution is 2.25. The van der Waals surface area contributed by atoms with Crippen LogP contribution >= 0.6 is 11.3 Å². The molecule has 0 spiro atoms. The van der Waals surface area contributed by atoms with Crippen LogP contribution in [0.15, 0.2) is 41.8 Å². The number of carbonyl (C=O) groups excluding carboxylic acids is 1. The van der Waals surface area contributed by atoms with Crippen LogP contribution in [-0.2, 0) is 16.0 Å². The van der Waals surface area contributed by atoms with Crippen LogP contribution in [0.4, 0.5) is 0 Å². The Bertz CT molecular complexity index is 537. The minimum atomic E-state index is -0.599. The first kappa shape index (κ1) is 13.8. The van der Waals surface area contributed by atoms with Gasteiger partial charge >= 0.3 is 5.97 Å². The first-order valence-corrected chi connectivity index (χ1v) is 7.13. The molecule has 0 aliphatic rings. The molecular formula is C15H17NO2S. The number of hydrogen-bond acceptors (Lipinski definition) is 4. The summed E-state index contributed by atoms with van der Waals surface area (Å²) in [5.41, 5.74) is 8.04. The summed E-state index contributed by atoms with van der Waals surface area (Å²) in [5, 5.41) is 2.05. The van der Waals surface area contributed by atoms with Crippen molar-refractivity contribution in [3.8, 4) is 10.4 Å². The van der Waals surface area contributed by atoms with Crippen LogP contribution in [0.5, 0.6) is 0 Å². The molecule has 0 aliphatic carbocycles. The molecule has 2 rings (SSSR count). The average molecular weight is 275 g/mol. The van der Waals surface area contributed by atoms with Gasteiger partial charge in [0, 0.05) is 4.88 Å². The Morgan fingerprint density at radius 1 is 1.37 bits per heavy atom. The zero-order chi connectivity index (χ0) is 13.7. The predicted molar refractivity (Wildman–Crippen MR) is 78.1 cm³/mol. The van der Waals surface area contributed by atoms with E-state index in [4.69, 9.17) is 10.5 Å². The number of carbonyl (C=O) groups is 1. The summed E-state index contributed by atoms with van der Waals surface area (Å²) < 4.78 is 4.92. The van der Waals surface area contributed by atoms with Gasteiger partial charge in [-0.2, -0.15) is 0 Å². The lowest BCUT2D eigenvalue weighted by molar-refractivity contribution is -0.144. The van der Waals surface area contributed by atoms with Gasteiger partial charge in [-0.3, -0.25) is 4.79 Å². The highest BCUT2D eigenvalue weighted by molar-refractivity contribution is 7.13. The topological polar surface area (TPSA) is 52.3 Å². The molecule has 1 aromatic carbocycles. The number of benzene rings is 1. The molecule has 19 heavy (non-hydrogen) atoms. The van der Waals surface area contributed by atoms with Gasteiger partial charge in [0.05, 0.1) is 6.61 Å².